The Morgan fingerprint density at radius 3 is 1.70 bits per heavy atom. The van der Waals surface area contributed by atoms with E-state index in [1.54, 1.807) is 0 Å². The topological polar surface area (TPSA) is 91.3 Å². The summed E-state index contributed by atoms with van der Waals surface area (Å²) in [5.41, 5.74) is 0.131. The number of methoxy groups -OCH3 is 1. The minimum atomic E-state index is -4.90. The normalized spacial score (nSPS) is 11.2. The highest BCUT2D eigenvalue weighted by Gasteiger charge is 2.33. The number of rotatable bonds is 7. The lowest BCUT2D eigenvalue weighted by Crippen LogP contribution is -2.18. The number of halogens is 6. The molecular weight excluding hydrogens is 466 g/mol. The number of phenolic OH excluding ortho intramolecular Hbond substituents is 1. The summed E-state index contributed by atoms with van der Waals surface area (Å²) in [6.07, 6.45) is -9.76. The number of ketones is 2. The monoisotopic (exact) mass is 484 g/mol. The van der Waals surface area contributed by atoms with E-state index in [9.17, 15) is 35.9 Å². The lowest BCUT2D eigenvalue weighted by Gasteiger charge is -2.14. The molecule has 2 aromatic carbocycles. The summed E-state index contributed by atoms with van der Waals surface area (Å²) in [5.74, 6) is -2.97. The quantitative estimate of drug-likeness (QED) is 0.326. The van der Waals surface area contributed by atoms with E-state index in [0.717, 1.165) is 18.2 Å². The molecule has 33 heavy (non-hydrogen) atoms. The highest BCUT2D eigenvalue weighted by atomic mass is 19.4. The zero-order chi connectivity index (χ0) is 25.4. The maximum atomic E-state index is 12.2. The van der Waals surface area contributed by atoms with Gasteiger partial charge in [0.25, 0.3) is 0 Å². The van der Waals surface area contributed by atoms with Crippen LogP contribution in [0.2, 0.25) is 0 Å². The van der Waals surface area contributed by atoms with Crippen molar-refractivity contribution >= 4 is 11.6 Å². The predicted molar refractivity (Wildman–Crippen MR) is 100 cm³/mol. The Kier molecular flexibility index (Phi) is 9.52. The molecule has 2 rings (SSSR count). The van der Waals surface area contributed by atoms with Crippen LogP contribution in [0.3, 0.4) is 0 Å². The molecule has 1 N–H and O–H groups in total. The summed E-state index contributed by atoms with van der Waals surface area (Å²) in [6.45, 7) is 2.21. The van der Waals surface area contributed by atoms with Gasteiger partial charge in [0.2, 0.25) is 0 Å². The lowest BCUT2D eigenvalue weighted by atomic mass is 10.1. The standard InChI is InChI=1S/C11H11F3O4.C9H7F3O3/c1-7(15)8-3-4-9(17-6-16-2)10(5-8)18-11(12,13)14;1-5(13)6-2-3-7(14)8(4-6)15-9(10,11)12/h3-5H,6H2,1-2H3;2-4,14H,1H3. The van der Waals surface area contributed by atoms with E-state index < -0.39 is 35.8 Å². The number of hydrogen-bond donors (Lipinski definition) is 1. The largest absolute Gasteiger partial charge is 0.573 e. The van der Waals surface area contributed by atoms with Gasteiger partial charge in [0.15, 0.2) is 41.4 Å². The second-order valence-electron chi connectivity index (χ2n) is 6.10. The van der Waals surface area contributed by atoms with Crippen LogP contribution in [0.4, 0.5) is 26.3 Å². The van der Waals surface area contributed by atoms with Crippen LogP contribution in [0.1, 0.15) is 34.6 Å². The number of alkyl halides is 6. The molecule has 0 atom stereocenters. The molecule has 182 valence electrons. The van der Waals surface area contributed by atoms with Gasteiger partial charge in [0.1, 0.15) is 0 Å². The molecule has 0 saturated heterocycles. The Bertz CT molecular complexity index is 970. The fraction of sp³-hybridized carbons (Fsp3) is 0.300. The molecule has 2 aromatic rings. The Labute approximate surface area is 183 Å². The van der Waals surface area contributed by atoms with Crippen molar-refractivity contribution in [3.63, 3.8) is 0 Å². The number of hydrogen-bond acceptors (Lipinski definition) is 7. The molecule has 7 nitrogen and oxygen atoms in total. The van der Waals surface area contributed by atoms with Crippen molar-refractivity contribution in [3.8, 4) is 23.0 Å². The highest BCUT2D eigenvalue weighted by Crippen LogP contribution is 2.34. The Balaban J connectivity index is 0.000000335. The number of carbonyl (C=O) groups is 2. The first kappa shape index (κ1) is 27.6. The van der Waals surface area contributed by atoms with E-state index in [1.807, 2.05) is 0 Å². The summed E-state index contributed by atoms with van der Waals surface area (Å²) >= 11 is 0. The second kappa shape index (κ2) is 11.4. The molecule has 0 saturated carbocycles. The first-order valence-electron chi connectivity index (χ1n) is 8.75. The number of carbonyl (C=O) groups excluding carboxylic acids is 2. The summed E-state index contributed by atoms with van der Waals surface area (Å²) in [5, 5.41) is 9.04. The lowest BCUT2D eigenvalue weighted by molar-refractivity contribution is -0.276. The van der Waals surface area contributed by atoms with Gasteiger partial charge in [0, 0.05) is 18.2 Å². The molecular formula is C20H18F6O7. The molecule has 0 heterocycles. The van der Waals surface area contributed by atoms with Gasteiger partial charge in [-0.3, -0.25) is 9.59 Å². The van der Waals surface area contributed by atoms with Crippen LogP contribution in [-0.2, 0) is 4.74 Å². The Morgan fingerprint density at radius 1 is 0.788 bits per heavy atom. The van der Waals surface area contributed by atoms with Crippen LogP contribution in [0, 0.1) is 0 Å². The number of phenols is 1. The van der Waals surface area contributed by atoms with Gasteiger partial charge in [-0.15, -0.1) is 26.3 Å². The third-order valence-corrected chi connectivity index (χ3v) is 3.50. The maximum absolute atomic E-state index is 12.2. The maximum Gasteiger partial charge on any atom is 0.573 e. The average molecular weight is 484 g/mol. The fourth-order valence-corrected chi connectivity index (χ4v) is 2.11. The molecule has 0 aliphatic heterocycles. The van der Waals surface area contributed by atoms with Crippen molar-refractivity contribution < 1.29 is 60.0 Å². The summed E-state index contributed by atoms with van der Waals surface area (Å²) in [4.78, 5) is 21.9. The highest BCUT2D eigenvalue weighted by molar-refractivity contribution is 5.95. The predicted octanol–water partition coefficient (Wildman–Crippen LogP) is 5.26. The van der Waals surface area contributed by atoms with Crippen molar-refractivity contribution in [2.24, 2.45) is 0 Å². The van der Waals surface area contributed by atoms with Crippen molar-refractivity contribution in [1.82, 2.24) is 0 Å². The summed E-state index contributed by atoms with van der Waals surface area (Å²) in [6, 6.07) is 6.55. The molecule has 0 aliphatic rings. The molecule has 0 aromatic heterocycles. The van der Waals surface area contributed by atoms with Crippen LogP contribution >= 0.6 is 0 Å². The van der Waals surface area contributed by atoms with E-state index in [0.29, 0.717) is 0 Å². The van der Waals surface area contributed by atoms with Crippen LogP contribution in [0.25, 0.3) is 0 Å². The van der Waals surface area contributed by atoms with Crippen molar-refractivity contribution in [2.75, 3.05) is 13.9 Å². The van der Waals surface area contributed by atoms with E-state index in [1.165, 1.54) is 39.2 Å². The molecule has 0 radical (unpaired) electrons. The molecule has 13 heteroatoms. The van der Waals surface area contributed by atoms with Gasteiger partial charge in [0.05, 0.1) is 0 Å². The van der Waals surface area contributed by atoms with E-state index in [4.69, 9.17) is 9.84 Å². The van der Waals surface area contributed by atoms with Crippen molar-refractivity contribution in [1.29, 1.82) is 0 Å². The first-order valence-corrected chi connectivity index (χ1v) is 8.75. The molecule has 0 unspecified atom stereocenters. The first-order chi connectivity index (χ1) is 15.1. The second-order valence-corrected chi connectivity index (χ2v) is 6.10. The van der Waals surface area contributed by atoms with Crippen LogP contribution in [-0.4, -0.2) is 43.3 Å². The van der Waals surface area contributed by atoms with Gasteiger partial charge < -0.3 is 24.1 Å². The molecule has 0 amide bonds. The molecule has 0 spiro atoms. The number of benzene rings is 2. The minimum Gasteiger partial charge on any atom is -0.504 e. The van der Waals surface area contributed by atoms with Gasteiger partial charge in [-0.2, -0.15) is 0 Å². The number of ether oxygens (including phenoxy) is 4. The summed E-state index contributed by atoms with van der Waals surface area (Å²) < 4.78 is 88.9. The van der Waals surface area contributed by atoms with Crippen LogP contribution in [0.5, 0.6) is 23.0 Å². The Morgan fingerprint density at radius 2 is 1.24 bits per heavy atom. The number of Topliss-reactive ketones (excluding diaryl/α,β-unsaturated/α-hetero) is 2. The summed E-state index contributed by atoms with van der Waals surface area (Å²) in [7, 11) is 1.33. The van der Waals surface area contributed by atoms with Gasteiger partial charge in [-0.05, 0) is 50.2 Å². The van der Waals surface area contributed by atoms with E-state index in [2.05, 4.69) is 14.2 Å². The fourth-order valence-electron chi connectivity index (χ4n) is 2.11. The van der Waals surface area contributed by atoms with Crippen LogP contribution < -0.4 is 14.2 Å². The average Bonchev–Trinajstić information content (AvgIpc) is 2.66. The van der Waals surface area contributed by atoms with E-state index in [-0.39, 0.29) is 29.5 Å². The SMILES string of the molecule is CC(=O)c1ccc(O)c(OC(F)(F)F)c1.COCOc1ccc(C(C)=O)cc1OC(F)(F)F. The van der Waals surface area contributed by atoms with Gasteiger partial charge in [-0.25, -0.2) is 0 Å². The third kappa shape index (κ3) is 10.1. The third-order valence-electron chi connectivity index (χ3n) is 3.50. The van der Waals surface area contributed by atoms with Crippen molar-refractivity contribution in [3.05, 3.63) is 47.5 Å². The molecule has 0 bridgehead atoms. The minimum absolute atomic E-state index is 0.0343. The van der Waals surface area contributed by atoms with Crippen molar-refractivity contribution in [2.45, 2.75) is 26.6 Å². The molecule has 0 fully saturated rings. The zero-order valence-electron chi connectivity index (χ0n) is 17.3. The Hall–Kier alpha value is -3.48. The smallest absolute Gasteiger partial charge is 0.504 e. The van der Waals surface area contributed by atoms with E-state index >= 15 is 0 Å². The van der Waals surface area contributed by atoms with Gasteiger partial charge >= 0.3 is 12.7 Å². The number of aromatic hydroxyl groups is 1. The van der Waals surface area contributed by atoms with Gasteiger partial charge in [-0.1, -0.05) is 0 Å². The molecule has 0 aliphatic carbocycles. The van der Waals surface area contributed by atoms with Crippen LogP contribution in [0.15, 0.2) is 36.4 Å². The zero-order valence-corrected chi connectivity index (χ0v) is 17.3.